The van der Waals surface area contributed by atoms with Crippen molar-refractivity contribution in [1.29, 1.82) is 0 Å². The molecule has 0 aliphatic carbocycles. The second-order valence-electron chi connectivity index (χ2n) is 5.92. The van der Waals surface area contributed by atoms with Gasteiger partial charge in [-0.15, -0.1) is 0 Å². The first-order valence-corrected chi connectivity index (χ1v) is 8.80. The number of H-pyrrole nitrogens is 1. The first-order valence-electron chi connectivity index (χ1n) is 8.04. The normalized spacial score (nSPS) is 10.5. The van der Waals surface area contributed by atoms with Crippen molar-refractivity contribution in [3.05, 3.63) is 75.0 Å². The summed E-state index contributed by atoms with van der Waals surface area (Å²) in [7, 11) is 0. The lowest BCUT2D eigenvalue weighted by atomic mass is 10.1. The molecule has 0 aliphatic rings. The SMILES string of the molecule is Cc1n[nH]c(C)c1NC(=O)c1cccc(NC(=O)c2ccc(Cl)cc2Cl)c1. The molecule has 1 heterocycles. The van der Waals surface area contributed by atoms with Crippen molar-refractivity contribution in [2.24, 2.45) is 0 Å². The van der Waals surface area contributed by atoms with Crippen LogP contribution >= 0.6 is 23.2 Å². The highest BCUT2D eigenvalue weighted by Gasteiger charge is 2.14. The van der Waals surface area contributed by atoms with Gasteiger partial charge in [-0.3, -0.25) is 14.7 Å². The van der Waals surface area contributed by atoms with Crippen LogP contribution in [0.3, 0.4) is 0 Å². The highest BCUT2D eigenvalue weighted by atomic mass is 35.5. The average Bonchev–Trinajstić information content (AvgIpc) is 2.93. The van der Waals surface area contributed by atoms with Crippen LogP contribution in [0.15, 0.2) is 42.5 Å². The first kappa shape index (κ1) is 18.9. The Morgan fingerprint density at radius 2 is 1.78 bits per heavy atom. The van der Waals surface area contributed by atoms with Gasteiger partial charge in [0.05, 0.1) is 27.7 Å². The zero-order valence-electron chi connectivity index (χ0n) is 14.6. The number of anilines is 2. The molecule has 138 valence electrons. The van der Waals surface area contributed by atoms with Gasteiger partial charge in [0.2, 0.25) is 0 Å². The van der Waals surface area contributed by atoms with Gasteiger partial charge in [-0.05, 0) is 50.2 Å². The Morgan fingerprint density at radius 3 is 2.44 bits per heavy atom. The third-order valence-electron chi connectivity index (χ3n) is 3.93. The van der Waals surface area contributed by atoms with Crippen LogP contribution in [-0.4, -0.2) is 22.0 Å². The molecule has 0 saturated heterocycles. The van der Waals surface area contributed by atoms with Gasteiger partial charge < -0.3 is 10.6 Å². The van der Waals surface area contributed by atoms with Crippen LogP contribution in [0.5, 0.6) is 0 Å². The quantitative estimate of drug-likeness (QED) is 0.583. The molecule has 2 aromatic carbocycles. The van der Waals surface area contributed by atoms with Gasteiger partial charge in [0.15, 0.2) is 0 Å². The Bertz CT molecular complexity index is 1010. The fourth-order valence-corrected chi connectivity index (χ4v) is 3.03. The van der Waals surface area contributed by atoms with Crippen LogP contribution in [0.2, 0.25) is 10.0 Å². The maximum Gasteiger partial charge on any atom is 0.257 e. The molecule has 6 nitrogen and oxygen atoms in total. The van der Waals surface area contributed by atoms with Crippen molar-refractivity contribution in [3.63, 3.8) is 0 Å². The number of carbonyl (C=O) groups excluding carboxylic acids is 2. The molecule has 27 heavy (non-hydrogen) atoms. The summed E-state index contributed by atoms with van der Waals surface area (Å²) in [5.41, 5.74) is 3.27. The smallest absolute Gasteiger partial charge is 0.257 e. The van der Waals surface area contributed by atoms with Gasteiger partial charge in [0.1, 0.15) is 0 Å². The number of halogens is 2. The average molecular weight is 403 g/mol. The molecule has 0 fully saturated rings. The van der Waals surface area contributed by atoms with Crippen molar-refractivity contribution >= 4 is 46.4 Å². The van der Waals surface area contributed by atoms with E-state index in [-0.39, 0.29) is 10.9 Å². The number of aromatic amines is 1. The molecule has 0 bridgehead atoms. The van der Waals surface area contributed by atoms with Crippen molar-refractivity contribution in [2.45, 2.75) is 13.8 Å². The number of hydrogen-bond donors (Lipinski definition) is 3. The van der Waals surface area contributed by atoms with Crippen LogP contribution in [0.4, 0.5) is 11.4 Å². The van der Waals surface area contributed by atoms with Gasteiger partial charge >= 0.3 is 0 Å². The number of nitrogens with one attached hydrogen (secondary N) is 3. The summed E-state index contributed by atoms with van der Waals surface area (Å²) in [6.45, 7) is 3.62. The Balaban J connectivity index is 1.77. The Morgan fingerprint density at radius 1 is 1.00 bits per heavy atom. The fourth-order valence-electron chi connectivity index (χ4n) is 2.53. The molecule has 2 amide bonds. The van der Waals surface area contributed by atoms with Crippen LogP contribution in [0.1, 0.15) is 32.1 Å². The second-order valence-corrected chi connectivity index (χ2v) is 6.77. The standard InChI is InChI=1S/C19H16Cl2N4O2/c1-10-17(11(2)25-24-10)23-18(26)12-4-3-5-14(8-12)22-19(27)15-7-6-13(20)9-16(15)21/h3-9H,1-2H3,(H,22,27)(H,23,26)(H,24,25). The Hall–Kier alpha value is -2.83. The van der Waals surface area contributed by atoms with Crippen LogP contribution in [-0.2, 0) is 0 Å². The number of aromatic nitrogens is 2. The van der Waals surface area contributed by atoms with E-state index in [0.29, 0.717) is 33.2 Å². The molecule has 3 rings (SSSR count). The van der Waals surface area contributed by atoms with Crippen molar-refractivity contribution < 1.29 is 9.59 Å². The van der Waals surface area contributed by atoms with Gasteiger partial charge in [-0.25, -0.2) is 0 Å². The molecule has 0 aliphatic heterocycles. The number of rotatable bonds is 4. The summed E-state index contributed by atoms with van der Waals surface area (Å²) in [5, 5.41) is 13.1. The van der Waals surface area contributed by atoms with E-state index >= 15 is 0 Å². The zero-order chi connectivity index (χ0) is 19.6. The fraction of sp³-hybridized carbons (Fsp3) is 0.105. The Kier molecular flexibility index (Phi) is 5.48. The van der Waals surface area contributed by atoms with Gasteiger partial charge in [0, 0.05) is 16.3 Å². The summed E-state index contributed by atoms with van der Waals surface area (Å²) < 4.78 is 0. The molecule has 8 heteroatoms. The third kappa shape index (κ3) is 4.30. The van der Waals surface area contributed by atoms with Gasteiger partial charge in [0.25, 0.3) is 11.8 Å². The number of carbonyl (C=O) groups is 2. The summed E-state index contributed by atoms with van der Waals surface area (Å²) in [6.07, 6.45) is 0. The summed E-state index contributed by atoms with van der Waals surface area (Å²) in [4.78, 5) is 24.9. The van der Waals surface area contributed by atoms with Crippen LogP contribution in [0, 0.1) is 13.8 Å². The number of benzene rings is 2. The number of aryl methyl sites for hydroxylation is 2. The minimum Gasteiger partial charge on any atom is -0.322 e. The van der Waals surface area contributed by atoms with Crippen LogP contribution < -0.4 is 10.6 Å². The number of hydrogen-bond acceptors (Lipinski definition) is 3. The third-order valence-corrected chi connectivity index (χ3v) is 4.47. The monoisotopic (exact) mass is 402 g/mol. The maximum absolute atomic E-state index is 12.5. The minimum absolute atomic E-state index is 0.250. The molecular weight excluding hydrogens is 387 g/mol. The predicted octanol–water partition coefficient (Wildman–Crippen LogP) is 4.84. The van der Waals surface area contributed by atoms with Crippen LogP contribution in [0.25, 0.3) is 0 Å². The second kappa shape index (κ2) is 7.82. The van der Waals surface area contributed by atoms with E-state index in [1.807, 2.05) is 6.92 Å². The van der Waals surface area contributed by atoms with E-state index in [0.717, 1.165) is 5.69 Å². The molecule has 0 radical (unpaired) electrons. The summed E-state index contributed by atoms with van der Waals surface area (Å²) in [5.74, 6) is -0.695. The lowest BCUT2D eigenvalue weighted by Crippen LogP contribution is -2.15. The van der Waals surface area contributed by atoms with Crippen molar-refractivity contribution in [3.8, 4) is 0 Å². The molecule has 3 aromatic rings. The predicted molar refractivity (Wildman–Crippen MR) is 107 cm³/mol. The maximum atomic E-state index is 12.5. The zero-order valence-corrected chi connectivity index (χ0v) is 16.1. The molecule has 0 atom stereocenters. The van der Waals surface area contributed by atoms with Crippen molar-refractivity contribution in [2.75, 3.05) is 10.6 Å². The van der Waals surface area contributed by atoms with E-state index in [4.69, 9.17) is 23.2 Å². The van der Waals surface area contributed by atoms with E-state index in [2.05, 4.69) is 20.8 Å². The molecule has 0 saturated carbocycles. The molecule has 1 aromatic heterocycles. The van der Waals surface area contributed by atoms with E-state index in [1.165, 1.54) is 6.07 Å². The lowest BCUT2D eigenvalue weighted by Gasteiger charge is -2.09. The van der Waals surface area contributed by atoms with E-state index in [9.17, 15) is 9.59 Å². The summed E-state index contributed by atoms with van der Waals surface area (Å²) in [6, 6.07) is 11.2. The first-order chi connectivity index (χ1) is 12.8. The van der Waals surface area contributed by atoms with Crippen molar-refractivity contribution in [1.82, 2.24) is 10.2 Å². The largest absolute Gasteiger partial charge is 0.322 e. The number of amides is 2. The molecule has 0 spiro atoms. The number of nitrogens with zero attached hydrogens (tertiary/aromatic N) is 1. The van der Waals surface area contributed by atoms with Gasteiger partial charge in [-0.2, -0.15) is 5.10 Å². The topological polar surface area (TPSA) is 86.9 Å². The van der Waals surface area contributed by atoms with E-state index in [1.54, 1.807) is 43.3 Å². The molecule has 0 unspecified atom stereocenters. The van der Waals surface area contributed by atoms with Gasteiger partial charge in [-0.1, -0.05) is 29.3 Å². The molecule has 3 N–H and O–H groups in total. The summed E-state index contributed by atoms with van der Waals surface area (Å²) >= 11 is 11.9. The lowest BCUT2D eigenvalue weighted by molar-refractivity contribution is 0.101. The molecular formula is C19H16Cl2N4O2. The Labute approximate surface area is 165 Å². The van der Waals surface area contributed by atoms with E-state index < -0.39 is 5.91 Å². The minimum atomic E-state index is -0.393. The highest BCUT2D eigenvalue weighted by Crippen LogP contribution is 2.23. The highest BCUT2D eigenvalue weighted by molar-refractivity contribution is 6.37.